The zero-order valence-electron chi connectivity index (χ0n) is 16.0. The van der Waals surface area contributed by atoms with Crippen LogP contribution in [0.5, 0.6) is 5.75 Å². The normalized spacial score (nSPS) is 14.0. The van der Waals surface area contributed by atoms with Gasteiger partial charge in [-0.15, -0.1) is 0 Å². The van der Waals surface area contributed by atoms with E-state index in [0.29, 0.717) is 24.4 Å². The zero-order chi connectivity index (χ0) is 19.2. The van der Waals surface area contributed by atoms with Crippen molar-refractivity contribution in [3.8, 4) is 5.75 Å². The van der Waals surface area contributed by atoms with E-state index in [-0.39, 0.29) is 18.2 Å². The van der Waals surface area contributed by atoms with Gasteiger partial charge < -0.3 is 14.6 Å². The smallest absolute Gasteiger partial charge is 0.270 e. The van der Waals surface area contributed by atoms with E-state index in [9.17, 15) is 9.59 Å². The Hall–Kier alpha value is -2.60. The number of nitrogens with one attached hydrogen (secondary N) is 1. The molecule has 0 spiro atoms. The largest absolute Gasteiger partial charge is 0.492 e. The Balaban J connectivity index is 1.45. The van der Waals surface area contributed by atoms with Crippen molar-refractivity contribution < 1.29 is 14.3 Å². The van der Waals surface area contributed by atoms with Crippen LogP contribution in [0, 0.1) is 6.92 Å². The van der Waals surface area contributed by atoms with Crippen LogP contribution in [-0.4, -0.2) is 66.3 Å². The molecule has 2 aromatic rings. The van der Waals surface area contributed by atoms with Crippen LogP contribution in [0.1, 0.15) is 39.3 Å². The topological polar surface area (TPSA) is 65.6 Å². The van der Waals surface area contributed by atoms with Crippen LogP contribution in [0.4, 0.5) is 0 Å². The number of aryl methyl sites for hydroxylation is 1. The van der Waals surface area contributed by atoms with E-state index in [4.69, 9.17) is 4.74 Å². The second kappa shape index (κ2) is 8.86. The number of carbonyl (C=O) groups excluding carboxylic acids is 2. The number of rotatable bonds is 8. The van der Waals surface area contributed by atoms with Gasteiger partial charge in [-0.1, -0.05) is 17.7 Å². The van der Waals surface area contributed by atoms with Crippen molar-refractivity contribution in [3.05, 3.63) is 53.3 Å². The molecule has 0 aliphatic carbocycles. The van der Waals surface area contributed by atoms with Gasteiger partial charge in [-0.2, -0.15) is 0 Å². The molecular weight excluding hydrogens is 342 g/mol. The number of ketones is 1. The third-order valence-corrected chi connectivity index (χ3v) is 4.80. The molecule has 6 nitrogen and oxygen atoms in total. The fourth-order valence-corrected chi connectivity index (χ4v) is 3.14. The molecule has 1 aromatic heterocycles. The van der Waals surface area contributed by atoms with Crippen molar-refractivity contribution in [2.24, 2.45) is 0 Å². The molecule has 1 aromatic carbocycles. The van der Waals surface area contributed by atoms with E-state index in [0.717, 1.165) is 31.7 Å². The van der Waals surface area contributed by atoms with Crippen LogP contribution in [-0.2, 0) is 0 Å². The minimum absolute atomic E-state index is 0.00967. The average Bonchev–Trinajstić information content (AvgIpc) is 3.35. The molecule has 0 unspecified atom stereocenters. The lowest BCUT2D eigenvalue weighted by Gasteiger charge is -2.16. The first-order valence-corrected chi connectivity index (χ1v) is 9.42. The van der Waals surface area contributed by atoms with Gasteiger partial charge in [0.1, 0.15) is 18.1 Å². The number of carbonyl (C=O) groups is 2. The molecular formula is C21H27N3O3. The molecule has 27 heavy (non-hydrogen) atoms. The highest BCUT2D eigenvalue weighted by atomic mass is 16.5. The standard InChI is InChI=1S/C21H27N3O3/c1-16-5-7-18(8-6-16)27-12-11-23(2)15-20(25)17-13-19(22-14-17)21(26)24-9-3-4-10-24/h5-8,13-14,22H,3-4,9-12,15H2,1-2H3. The molecule has 1 fully saturated rings. The maximum atomic E-state index is 12.5. The number of benzene rings is 1. The van der Waals surface area contributed by atoms with Crippen molar-refractivity contribution in [3.63, 3.8) is 0 Å². The van der Waals surface area contributed by atoms with Gasteiger partial charge in [0.05, 0.1) is 6.54 Å². The summed E-state index contributed by atoms with van der Waals surface area (Å²) in [5, 5.41) is 0. The molecule has 0 atom stereocenters. The lowest BCUT2D eigenvalue weighted by Crippen LogP contribution is -2.30. The average molecular weight is 369 g/mol. The quantitative estimate of drug-likeness (QED) is 0.727. The van der Waals surface area contributed by atoms with E-state index in [1.165, 1.54) is 5.56 Å². The first-order valence-electron chi connectivity index (χ1n) is 9.42. The summed E-state index contributed by atoms with van der Waals surface area (Å²) in [5.41, 5.74) is 2.23. The summed E-state index contributed by atoms with van der Waals surface area (Å²) in [6.07, 6.45) is 3.73. The van der Waals surface area contributed by atoms with Gasteiger partial charge in [0.2, 0.25) is 0 Å². The molecule has 2 heterocycles. The number of H-pyrrole nitrogens is 1. The number of aromatic nitrogens is 1. The van der Waals surface area contributed by atoms with Gasteiger partial charge in [-0.3, -0.25) is 14.5 Å². The van der Waals surface area contributed by atoms with Crippen molar-refractivity contribution >= 4 is 11.7 Å². The maximum Gasteiger partial charge on any atom is 0.270 e. The molecule has 0 saturated carbocycles. The van der Waals surface area contributed by atoms with E-state index >= 15 is 0 Å². The number of aromatic amines is 1. The second-order valence-electron chi connectivity index (χ2n) is 7.12. The Kier molecular flexibility index (Phi) is 6.29. The Morgan fingerprint density at radius 2 is 1.89 bits per heavy atom. The number of ether oxygens (including phenoxy) is 1. The third-order valence-electron chi connectivity index (χ3n) is 4.80. The van der Waals surface area contributed by atoms with Gasteiger partial charge >= 0.3 is 0 Å². The maximum absolute atomic E-state index is 12.5. The Morgan fingerprint density at radius 3 is 2.59 bits per heavy atom. The molecule has 1 aliphatic heterocycles. The van der Waals surface area contributed by atoms with Crippen molar-refractivity contribution in [1.29, 1.82) is 0 Å². The van der Waals surface area contributed by atoms with Gasteiger partial charge in [-0.25, -0.2) is 0 Å². The zero-order valence-corrected chi connectivity index (χ0v) is 16.0. The molecule has 1 N–H and O–H groups in total. The summed E-state index contributed by atoms with van der Waals surface area (Å²) in [6.45, 7) is 5.07. The molecule has 1 aliphatic rings. The van der Waals surface area contributed by atoms with Crippen molar-refractivity contribution in [2.75, 3.05) is 39.8 Å². The highest BCUT2D eigenvalue weighted by molar-refractivity contribution is 6.01. The van der Waals surface area contributed by atoms with Gasteiger partial charge in [-0.05, 0) is 45.0 Å². The monoisotopic (exact) mass is 369 g/mol. The summed E-state index contributed by atoms with van der Waals surface area (Å²) < 4.78 is 5.70. The fourth-order valence-electron chi connectivity index (χ4n) is 3.14. The molecule has 1 amide bonds. The molecule has 3 rings (SSSR count). The molecule has 0 radical (unpaired) electrons. The SMILES string of the molecule is Cc1ccc(OCCN(C)CC(=O)c2c[nH]c(C(=O)N3CCCC3)c2)cc1. The predicted octanol–water partition coefficient (Wildman–Crippen LogP) is 2.75. The van der Waals surface area contributed by atoms with E-state index in [1.54, 1.807) is 12.3 Å². The van der Waals surface area contributed by atoms with E-state index in [1.807, 2.05) is 48.0 Å². The number of amides is 1. The van der Waals surface area contributed by atoms with Crippen LogP contribution in [0.15, 0.2) is 36.5 Å². The van der Waals surface area contributed by atoms with Crippen molar-refractivity contribution in [2.45, 2.75) is 19.8 Å². The Bertz CT molecular complexity index is 776. The van der Waals surface area contributed by atoms with Crippen LogP contribution >= 0.6 is 0 Å². The summed E-state index contributed by atoms with van der Waals surface area (Å²) in [7, 11) is 1.89. The highest BCUT2D eigenvalue weighted by Crippen LogP contribution is 2.14. The van der Waals surface area contributed by atoms with E-state index < -0.39 is 0 Å². The van der Waals surface area contributed by atoms with Crippen LogP contribution in [0.25, 0.3) is 0 Å². The van der Waals surface area contributed by atoms with Crippen molar-refractivity contribution in [1.82, 2.24) is 14.8 Å². The molecule has 144 valence electrons. The van der Waals surface area contributed by atoms with Gasteiger partial charge in [0, 0.05) is 31.4 Å². The van der Waals surface area contributed by atoms with Crippen LogP contribution < -0.4 is 4.74 Å². The lowest BCUT2D eigenvalue weighted by molar-refractivity contribution is 0.0787. The Labute approximate surface area is 160 Å². The number of likely N-dealkylation sites (tertiary alicyclic amines) is 1. The summed E-state index contributed by atoms with van der Waals surface area (Å²) >= 11 is 0. The second-order valence-corrected chi connectivity index (χ2v) is 7.12. The number of hydrogen-bond donors (Lipinski definition) is 1. The van der Waals surface area contributed by atoms with Crippen LogP contribution in [0.3, 0.4) is 0 Å². The molecule has 6 heteroatoms. The fraction of sp³-hybridized carbons (Fsp3) is 0.429. The molecule has 1 saturated heterocycles. The minimum Gasteiger partial charge on any atom is -0.492 e. The minimum atomic E-state index is -0.0218. The number of hydrogen-bond acceptors (Lipinski definition) is 4. The summed E-state index contributed by atoms with van der Waals surface area (Å²) in [6, 6.07) is 9.57. The van der Waals surface area contributed by atoms with Crippen LogP contribution in [0.2, 0.25) is 0 Å². The van der Waals surface area contributed by atoms with Gasteiger partial charge in [0.25, 0.3) is 5.91 Å². The van der Waals surface area contributed by atoms with Gasteiger partial charge in [0.15, 0.2) is 5.78 Å². The summed E-state index contributed by atoms with van der Waals surface area (Å²) in [5.74, 6) is 0.798. The first-order chi connectivity index (χ1) is 13.0. The Morgan fingerprint density at radius 1 is 1.19 bits per heavy atom. The molecule has 0 bridgehead atoms. The van der Waals surface area contributed by atoms with E-state index in [2.05, 4.69) is 4.98 Å². The third kappa shape index (κ3) is 5.20. The predicted molar refractivity (Wildman–Crippen MR) is 104 cm³/mol. The summed E-state index contributed by atoms with van der Waals surface area (Å²) in [4.78, 5) is 31.5. The first kappa shape index (κ1) is 19.2. The highest BCUT2D eigenvalue weighted by Gasteiger charge is 2.22. The number of nitrogens with zero attached hydrogens (tertiary/aromatic N) is 2. The number of Topliss-reactive ketones (excluding diaryl/α,β-unsaturated/α-hetero) is 1. The lowest BCUT2D eigenvalue weighted by atomic mass is 10.2. The number of likely N-dealkylation sites (N-methyl/N-ethyl adjacent to an activating group) is 1.